The molecule has 2 aromatic heterocycles. The molecule has 0 N–H and O–H groups in total. The molecule has 0 unspecified atom stereocenters. The smallest absolute Gasteiger partial charge is 0.275 e. The standard InChI is InChI=1S/C17H19ClN4OS/c1-3-8-21(10-13-4-6-14(18)7-5-13)11-15-9-16(23)22-17(19-15)24-12(2)20-22/h4-7,9H,3,8,10-11H2,1-2H3. The summed E-state index contributed by atoms with van der Waals surface area (Å²) in [5.41, 5.74) is 1.85. The first-order valence-electron chi connectivity index (χ1n) is 7.88. The van der Waals surface area contributed by atoms with Gasteiger partial charge >= 0.3 is 0 Å². The van der Waals surface area contributed by atoms with Crippen molar-refractivity contribution >= 4 is 27.9 Å². The zero-order valence-corrected chi connectivity index (χ0v) is 15.3. The van der Waals surface area contributed by atoms with Crippen molar-refractivity contribution in [2.75, 3.05) is 6.54 Å². The Labute approximate surface area is 149 Å². The molecule has 0 aliphatic rings. The second-order valence-corrected chi connectivity index (χ2v) is 7.33. The van der Waals surface area contributed by atoms with Gasteiger partial charge in [0.05, 0.1) is 5.69 Å². The van der Waals surface area contributed by atoms with Crippen LogP contribution in [-0.4, -0.2) is 26.0 Å². The summed E-state index contributed by atoms with van der Waals surface area (Å²) in [5, 5.41) is 5.75. The van der Waals surface area contributed by atoms with Crippen LogP contribution >= 0.6 is 22.9 Å². The lowest BCUT2D eigenvalue weighted by Crippen LogP contribution is -2.26. The maximum Gasteiger partial charge on any atom is 0.275 e. The van der Waals surface area contributed by atoms with Gasteiger partial charge in [-0.2, -0.15) is 9.61 Å². The first-order chi connectivity index (χ1) is 11.5. The first kappa shape index (κ1) is 17.1. The maximum absolute atomic E-state index is 12.2. The molecule has 5 nitrogen and oxygen atoms in total. The Balaban J connectivity index is 1.82. The Kier molecular flexibility index (Phi) is 5.28. The van der Waals surface area contributed by atoms with Gasteiger partial charge in [0.25, 0.3) is 5.56 Å². The number of hydrogen-bond donors (Lipinski definition) is 0. The minimum Gasteiger partial charge on any atom is -0.293 e. The largest absolute Gasteiger partial charge is 0.293 e. The Morgan fingerprint density at radius 1 is 1.25 bits per heavy atom. The van der Waals surface area contributed by atoms with Crippen LogP contribution in [0.25, 0.3) is 4.96 Å². The van der Waals surface area contributed by atoms with Crippen molar-refractivity contribution in [2.45, 2.75) is 33.4 Å². The molecule has 0 bridgehead atoms. The highest BCUT2D eigenvalue weighted by Gasteiger charge is 2.11. The molecule has 0 aliphatic heterocycles. The van der Waals surface area contributed by atoms with Crippen molar-refractivity contribution < 1.29 is 0 Å². The minimum absolute atomic E-state index is 0.123. The SMILES string of the molecule is CCCN(Cc1ccc(Cl)cc1)Cc1cc(=O)n2nc(C)sc2n1. The summed E-state index contributed by atoms with van der Waals surface area (Å²) in [4.78, 5) is 19.7. The summed E-state index contributed by atoms with van der Waals surface area (Å²) in [6.45, 7) is 6.40. The van der Waals surface area contributed by atoms with E-state index in [2.05, 4.69) is 21.9 Å². The van der Waals surface area contributed by atoms with Gasteiger partial charge in [0, 0.05) is 24.2 Å². The predicted octanol–water partition coefficient (Wildman–Crippen LogP) is 3.53. The zero-order valence-electron chi connectivity index (χ0n) is 13.7. The Hall–Kier alpha value is -1.76. The summed E-state index contributed by atoms with van der Waals surface area (Å²) in [6.07, 6.45) is 1.04. The Morgan fingerprint density at radius 2 is 2.00 bits per heavy atom. The predicted molar refractivity (Wildman–Crippen MR) is 97.7 cm³/mol. The minimum atomic E-state index is -0.123. The lowest BCUT2D eigenvalue weighted by atomic mass is 10.2. The monoisotopic (exact) mass is 362 g/mol. The fourth-order valence-corrected chi connectivity index (χ4v) is 3.53. The first-order valence-corrected chi connectivity index (χ1v) is 9.08. The fourth-order valence-electron chi connectivity index (χ4n) is 2.64. The molecule has 7 heteroatoms. The molecule has 0 saturated carbocycles. The van der Waals surface area contributed by atoms with Gasteiger partial charge < -0.3 is 0 Å². The number of halogens is 1. The number of hydrogen-bond acceptors (Lipinski definition) is 5. The molecule has 126 valence electrons. The van der Waals surface area contributed by atoms with Crippen LogP contribution in [0.1, 0.15) is 29.6 Å². The number of rotatable bonds is 6. The van der Waals surface area contributed by atoms with Crippen LogP contribution in [0.2, 0.25) is 5.02 Å². The van der Waals surface area contributed by atoms with Crippen LogP contribution in [0.15, 0.2) is 35.1 Å². The van der Waals surface area contributed by atoms with Gasteiger partial charge in [0.15, 0.2) is 0 Å². The van der Waals surface area contributed by atoms with Crippen molar-refractivity contribution in [3.8, 4) is 0 Å². The molecule has 0 amide bonds. The third kappa shape index (κ3) is 4.01. The fraction of sp³-hybridized carbons (Fsp3) is 0.353. The van der Waals surface area contributed by atoms with E-state index in [1.165, 1.54) is 21.4 Å². The molecule has 0 atom stereocenters. The number of aryl methyl sites for hydroxylation is 1. The van der Waals surface area contributed by atoms with Crippen molar-refractivity contribution in [3.05, 3.63) is 62.0 Å². The molecule has 0 saturated heterocycles. The molecule has 2 heterocycles. The number of benzene rings is 1. The van der Waals surface area contributed by atoms with Crippen LogP contribution < -0.4 is 5.56 Å². The topological polar surface area (TPSA) is 50.5 Å². The van der Waals surface area contributed by atoms with E-state index in [9.17, 15) is 4.79 Å². The van der Waals surface area contributed by atoms with E-state index in [0.29, 0.717) is 11.5 Å². The van der Waals surface area contributed by atoms with Gasteiger partial charge in [-0.15, -0.1) is 0 Å². The molecular formula is C17H19ClN4OS. The average molecular weight is 363 g/mol. The summed E-state index contributed by atoms with van der Waals surface area (Å²) < 4.78 is 1.37. The van der Waals surface area contributed by atoms with Gasteiger partial charge in [-0.3, -0.25) is 9.69 Å². The number of fused-ring (bicyclic) bond motifs is 1. The summed E-state index contributed by atoms with van der Waals surface area (Å²) in [5.74, 6) is 0. The molecular weight excluding hydrogens is 344 g/mol. The zero-order chi connectivity index (χ0) is 17.1. The molecule has 3 rings (SSSR count). The van der Waals surface area contributed by atoms with E-state index in [4.69, 9.17) is 11.6 Å². The van der Waals surface area contributed by atoms with Crippen LogP contribution in [0.4, 0.5) is 0 Å². The van der Waals surface area contributed by atoms with E-state index in [-0.39, 0.29) is 5.56 Å². The van der Waals surface area contributed by atoms with Crippen molar-refractivity contribution in [1.29, 1.82) is 0 Å². The van der Waals surface area contributed by atoms with Crippen LogP contribution in [0.5, 0.6) is 0 Å². The van der Waals surface area contributed by atoms with Crippen molar-refractivity contribution in [3.63, 3.8) is 0 Å². The van der Waals surface area contributed by atoms with Crippen molar-refractivity contribution in [1.82, 2.24) is 19.5 Å². The highest BCUT2D eigenvalue weighted by atomic mass is 35.5. The number of nitrogens with zero attached hydrogens (tertiary/aromatic N) is 4. The molecule has 3 aromatic rings. The number of aromatic nitrogens is 3. The lowest BCUT2D eigenvalue weighted by molar-refractivity contribution is 0.254. The quantitative estimate of drug-likeness (QED) is 0.673. The third-order valence-corrected chi connectivity index (χ3v) is 4.72. The lowest BCUT2D eigenvalue weighted by Gasteiger charge is -2.21. The highest BCUT2D eigenvalue weighted by molar-refractivity contribution is 7.16. The molecule has 0 aliphatic carbocycles. The van der Waals surface area contributed by atoms with Gasteiger partial charge in [0.2, 0.25) is 4.96 Å². The second kappa shape index (κ2) is 7.42. The maximum atomic E-state index is 12.2. The van der Waals surface area contributed by atoms with Crippen LogP contribution in [-0.2, 0) is 13.1 Å². The van der Waals surface area contributed by atoms with E-state index in [0.717, 1.165) is 35.2 Å². The average Bonchev–Trinajstić information content (AvgIpc) is 2.91. The molecule has 0 radical (unpaired) electrons. The third-order valence-electron chi connectivity index (χ3n) is 3.64. The summed E-state index contributed by atoms with van der Waals surface area (Å²) in [6, 6.07) is 9.44. The molecule has 0 fully saturated rings. The van der Waals surface area contributed by atoms with E-state index in [1.807, 2.05) is 31.2 Å². The van der Waals surface area contributed by atoms with Gasteiger partial charge in [-0.05, 0) is 37.6 Å². The van der Waals surface area contributed by atoms with Gasteiger partial charge in [0.1, 0.15) is 5.01 Å². The summed E-state index contributed by atoms with van der Waals surface area (Å²) >= 11 is 7.38. The summed E-state index contributed by atoms with van der Waals surface area (Å²) in [7, 11) is 0. The van der Waals surface area contributed by atoms with E-state index < -0.39 is 0 Å². The normalized spacial score (nSPS) is 11.5. The van der Waals surface area contributed by atoms with E-state index >= 15 is 0 Å². The second-order valence-electron chi connectivity index (χ2n) is 5.74. The molecule has 24 heavy (non-hydrogen) atoms. The van der Waals surface area contributed by atoms with Gasteiger partial charge in [-0.1, -0.05) is 42.0 Å². The Bertz CT molecular complexity index is 888. The highest BCUT2D eigenvalue weighted by Crippen LogP contribution is 2.14. The molecule has 1 aromatic carbocycles. The Morgan fingerprint density at radius 3 is 2.71 bits per heavy atom. The van der Waals surface area contributed by atoms with Crippen molar-refractivity contribution in [2.24, 2.45) is 0 Å². The van der Waals surface area contributed by atoms with Gasteiger partial charge in [-0.25, -0.2) is 4.98 Å². The van der Waals surface area contributed by atoms with E-state index in [1.54, 1.807) is 6.07 Å². The van der Waals surface area contributed by atoms with Crippen LogP contribution in [0, 0.1) is 6.92 Å². The van der Waals surface area contributed by atoms with Crippen LogP contribution in [0.3, 0.4) is 0 Å². The molecule has 0 spiro atoms.